The van der Waals surface area contributed by atoms with E-state index in [1.54, 1.807) is 0 Å². The minimum atomic E-state index is -2.02. The summed E-state index contributed by atoms with van der Waals surface area (Å²) in [6.45, 7) is 7.65. The Bertz CT molecular complexity index is 1730. The third-order valence-electron chi connectivity index (χ3n) is 8.84. The van der Waals surface area contributed by atoms with Crippen molar-refractivity contribution in [2.75, 3.05) is 19.8 Å². The van der Waals surface area contributed by atoms with Crippen molar-refractivity contribution in [3.8, 4) is 0 Å². The lowest BCUT2D eigenvalue weighted by molar-refractivity contribution is -0.378. The van der Waals surface area contributed by atoms with Crippen LogP contribution in [0.2, 0.25) is 0 Å². The molecular formula is C38H52O26. The molecule has 0 amide bonds. The fourth-order valence-corrected chi connectivity index (χ4v) is 6.77. The summed E-state index contributed by atoms with van der Waals surface area (Å²) in [7, 11) is 0. The van der Waals surface area contributed by atoms with Gasteiger partial charge in [-0.25, -0.2) is 0 Å². The van der Waals surface area contributed by atoms with Gasteiger partial charge in [0.1, 0.15) is 50.3 Å². The highest BCUT2D eigenvalue weighted by molar-refractivity contribution is 5.70. The molecule has 26 heteroatoms. The summed E-state index contributed by atoms with van der Waals surface area (Å²) in [4.78, 5) is 124. The highest BCUT2D eigenvalue weighted by atomic mass is 16.8. The van der Waals surface area contributed by atoms with Crippen molar-refractivity contribution in [3.05, 3.63) is 0 Å². The molecule has 0 unspecified atom stereocenters. The first-order chi connectivity index (χ1) is 29.9. The highest BCUT2D eigenvalue weighted by Crippen LogP contribution is 2.38. The van der Waals surface area contributed by atoms with Crippen LogP contribution in [0.15, 0.2) is 0 Å². The Morgan fingerprint density at radius 1 is 0.328 bits per heavy atom. The first-order valence-electron chi connectivity index (χ1n) is 19.4. The molecule has 3 aliphatic rings. The zero-order valence-electron chi connectivity index (χ0n) is 36.4. The summed E-state index contributed by atoms with van der Waals surface area (Å²) in [5.74, 6) is -9.61. The minimum Gasteiger partial charge on any atom is -0.463 e. The second-order valence-corrected chi connectivity index (χ2v) is 14.3. The molecule has 0 spiro atoms. The molecule has 0 radical (unpaired) electrons. The van der Waals surface area contributed by atoms with E-state index >= 15 is 0 Å². The van der Waals surface area contributed by atoms with Gasteiger partial charge in [0, 0.05) is 69.2 Å². The van der Waals surface area contributed by atoms with E-state index in [9.17, 15) is 53.1 Å². The lowest BCUT2D eigenvalue weighted by Gasteiger charge is -2.50. The van der Waals surface area contributed by atoms with Crippen molar-refractivity contribution < 1.29 is 124 Å². The lowest BCUT2D eigenvalue weighted by Crippen LogP contribution is -2.68. The lowest BCUT2D eigenvalue weighted by atomic mass is 9.95. The van der Waals surface area contributed by atoms with E-state index in [1.165, 1.54) is 0 Å². The fraction of sp³-hybridized carbons (Fsp3) is 0.737. The molecule has 360 valence electrons. The number of aliphatic hydroxyl groups is 1. The van der Waals surface area contributed by atoms with E-state index in [1.807, 2.05) is 0 Å². The molecule has 0 saturated carbocycles. The maximum Gasteiger partial charge on any atom is 0.303 e. The quantitative estimate of drug-likeness (QED) is 0.123. The highest BCUT2D eigenvalue weighted by Gasteiger charge is 2.59. The number of rotatable bonds is 17. The van der Waals surface area contributed by atoms with Crippen LogP contribution in [0.1, 0.15) is 69.2 Å². The van der Waals surface area contributed by atoms with Gasteiger partial charge in [-0.3, -0.25) is 47.9 Å². The number of ether oxygens (including phenoxy) is 15. The molecule has 1 N–H and O–H groups in total. The van der Waals surface area contributed by atoms with Crippen molar-refractivity contribution in [2.45, 2.75) is 161 Å². The number of esters is 10. The molecule has 64 heavy (non-hydrogen) atoms. The maximum atomic E-state index is 12.9. The molecule has 3 aliphatic heterocycles. The Kier molecular flexibility index (Phi) is 19.8. The molecule has 3 saturated heterocycles. The summed E-state index contributed by atoms with van der Waals surface area (Å²) in [5, 5.41) is 10.9. The topological polar surface area (TPSA) is 329 Å². The first kappa shape index (κ1) is 52.8. The number of aliphatic hydroxyl groups excluding tert-OH is 1. The van der Waals surface area contributed by atoms with Gasteiger partial charge in [0.15, 0.2) is 61.6 Å². The number of hydrogen-bond acceptors (Lipinski definition) is 26. The molecule has 3 fully saturated rings. The predicted octanol–water partition coefficient (Wildman–Crippen LogP) is -1.86. The molecule has 0 aromatic carbocycles. The van der Waals surface area contributed by atoms with Gasteiger partial charge in [-0.1, -0.05) is 0 Å². The maximum absolute atomic E-state index is 12.9. The van der Waals surface area contributed by atoms with Crippen molar-refractivity contribution in [2.24, 2.45) is 0 Å². The molecule has 15 atom stereocenters. The average molecular weight is 925 g/mol. The second kappa shape index (κ2) is 23.9. The van der Waals surface area contributed by atoms with Crippen LogP contribution in [-0.2, 0) is 119 Å². The zero-order valence-corrected chi connectivity index (χ0v) is 36.4. The molecule has 26 nitrogen and oxygen atoms in total. The van der Waals surface area contributed by atoms with Crippen LogP contribution in [0.5, 0.6) is 0 Å². The molecule has 0 aliphatic carbocycles. The van der Waals surface area contributed by atoms with Crippen LogP contribution in [-0.4, -0.2) is 177 Å². The number of carbonyl (C=O) groups excluding carboxylic acids is 10. The Morgan fingerprint density at radius 2 is 0.578 bits per heavy atom. The largest absolute Gasteiger partial charge is 0.463 e. The summed E-state index contributed by atoms with van der Waals surface area (Å²) in [5.41, 5.74) is 0. The van der Waals surface area contributed by atoms with Crippen LogP contribution in [0.3, 0.4) is 0 Å². The summed E-state index contributed by atoms with van der Waals surface area (Å²) in [6, 6.07) is 0. The Morgan fingerprint density at radius 3 is 0.906 bits per heavy atom. The van der Waals surface area contributed by atoms with Crippen LogP contribution < -0.4 is 0 Å². The first-order valence-corrected chi connectivity index (χ1v) is 19.4. The van der Waals surface area contributed by atoms with Gasteiger partial charge >= 0.3 is 59.7 Å². The van der Waals surface area contributed by atoms with Crippen molar-refractivity contribution >= 4 is 59.7 Å². The fourth-order valence-electron chi connectivity index (χ4n) is 6.77. The van der Waals surface area contributed by atoms with Crippen molar-refractivity contribution in [1.82, 2.24) is 0 Å². The van der Waals surface area contributed by atoms with E-state index in [2.05, 4.69) is 0 Å². The van der Waals surface area contributed by atoms with Crippen LogP contribution in [0.4, 0.5) is 0 Å². The minimum absolute atomic E-state index is 0.681. The van der Waals surface area contributed by atoms with E-state index < -0.39 is 172 Å². The summed E-state index contributed by atoms with van der Waals surface area (Å²) >= 11 is 0. The standard InChI is InChI=1S/C38H52O26/c1-14(39)50-11-24-28(30(54-18(5)43)33(36(49)60-24)57-21(8)46)63-38-35(59-23(10)48)32(56-20(7)45)29(26(62-38)13-52-16(3)41)64-37-34(58-22(9)47)31(55-19(6)44)27(53-17(4)42)25(61-37)12-51-15(2)40/h24-38,49H,11-13H2,1-10H3/t24-,25-,26-,27+,28-,29-,30+,31+,32+,33-,34-,35-,36-,37+,38-/m1/s1. The van der Waals surface area contributed by atoms with Crippen molar-refractivity contribution in [1.29, 1.82) is 0 Å². The van der Waals surface area contributed by atoms with Gasteiger partial charge in [0.25, 0.3) is 0 Å². The van der Waals surface area contributed by atoms with E-state index in [4.69, 9.17) is 71.1 Å². The van der Waals surface area contributed by atoms with Gasteiger partial charge in [0.05, 0.1) is 0 Å². The molecule has 0 aromatic rings. The van der Waals surface area contributed by atoms with Gasteiger partial charge < -0.3 is 76.2 Å². The normalized spacial score (nSPS) is 32.3. The molecule has 3 heterocycles. The third kappa shape index (κ3) is 15.6. The summed E-state index contributed by atoms with van der Waals surface area (Å²) in [6.07, 6.45) is -27.2. The van der Waals surface area contributed by atoms with Gasteiger partial charge in [0.2, 0.25) is 0 Å². The monoisotopic (exact) mass is 924 g/mol. The zero-order chi connectivity index (χ0) is 48.2. The second-order valence-electron chi connectivity index (χ2n) is 14.3. The Hall–Kier alpha value is -5.54. The van der Waals surface area contributed by atoms with Gasteiger partial charge in [-0.05, 0) is 0 Å². The van der Waals surface area contributed by atoms with E-state index in [0.717, 1.165) is 69.2 Å². The Balaban J connectivity index is 2.28. The summed E-state index contributed by atoms with van der Waals surface area (Å²) < 4.78 is 84.2. The molecular weight excluding hydrogens is 872 g/mol. The van der Waals surface area contributed by atoms with E-state index in [-0.39, 0.29) is 0 Å². The third-order valence-corrected chi connectivity index (χ3v) is 8.84. The van der Waals surface area contributed by atoms with Crippen molar-refractivity contribution in [3.63, 3.8) is 0 Å². The van der Waals surface area contributed by atoms with Gasteiger partial charge in [-0.2, -0.15) is 0 Å². The average Bonchev–Trinajstić information content (AvgIpc) is 3.15. The smallest absolute Gasteiger partial charge is 0.303 e. The van der Waals surface area contributed by atoms with E-state index in [0.29, 0.717) is 0 Å². The molecule has 3 rings (SSSR count). The van der Waals surface area contributed by atoms with Gasteiger partial charge in [-0.15, -0.1) is 0 Å². The van der Waals surface area contributed by atoms with Crippen LogP contribution in [0, 0.1) is 0 Å². The predicted molar refractivity (Wildman–Crippen MR) is 197 cm³/mol. The number of hydrogen-bond donors (Lipinski definition) is 1. The number of carbonyl (C=O) groups is 10. The molecule has 0 aromatic heterocycles. The molecule has 0 bridgehead atoms. The van der Waals surface area contributed by atoms with Crippen LogP contribution in [0.25, 0.3) is 0 Å². The van der Waals surface area contributed by atoms with Crippen LogP contribution >= 0.6 is 0 Å². The Labute approximate surface area is 364 Å². The SMILES string of the molecule is CC(=O)OC[C@H]1O[C@@H](O[C@H]2[C@H](OC(C)=O)[C@@H](OC(C)=O)[C@@H](O[C@H]3[C@H](OC(C)=O)[C@@H](OC(C)=O)[C@H](O)O[C@@H]3COC(C)=O)O[C@@H]2COC(C)=O)[C@H](OC(C)=O)[C@@H](OC(C)=O)[C@H]1OC(C)=O.